The molecule has 0 heterocycles. The SMILES string of the molecule is CCN(C)C(=O)Nc1cccc(C#CCO)c1. The molecule has 90 valence electrons. The molecule has 2 N–H and O–H groups in total. The number of nitrogens with one attached hydrogen (secondary N) is 1. The lowest BCUT2D eigenvalue weighted by Gasteiger charge is -2.15. The molecule has 0 atom stereocenters. The number of carbonyl (C=O) groups excluding carboxylic acids is 1. The summed E-state index contributed by atoms with van der Waals surface area (Å²) in [6.45, 7) is 2.38. The number of amides is 2. The number of urea groups is 1. The highest BCUT2D eigenvalue weighted by Crippen LogP contribution is 2.10. The van der Waals surface area contributed by atoms with Crippen molar-refractivity contribution in [2.45, 2.75) is 6.92 Å². The van der Waals surface area contributed by atoms with Crippen LogP contribution in [0.25, 0.3) is 0 Å². The Kier molecular flexibility index (Phi) is 5.05. The summed E-state index contributed by atoms with van der Waals surface area (Å²) in [6.07, 6.45) is 0. The topological polar surface area (TPSA) is 52.6 Å². The first-order valence-corrected chi connectivity index (χ1v) is 5.39. The van der Waals surface area contributed by atoms with Crippen molar-refractivity contribution in [3.05, 3.63) is 29.8 Å². The number of rotatable bonds is 2. The molecule has 4 heteroatoms. The first kappa shape index (κ1) is 13.1. The monoisotopic (exact) mass is 232 g/mol. The number of benzene rings is 1. The van der Waals surface area contributed by atoms with Crippen molar-refractivity contribution < 1.29 is 9.90 Å². The lowest BCUT2D eigenvalue weighted by atomic mass is 10.2. The zero-order valence-electron chi connectivity index (χ0n) is 10.0. The molecule has 0 aromatic heterocycles. The van der Waals surface area contributed by atoms with Gasteiger partial charge in [0, 0.05) is 24.8 Å². The normalized spacial score (nSPS) is 9.12. The van der Waals surface area contributed by atoms with Crippen molar-refractivity contribution in [1.29, 1.82) is 0 Å². The maximum absolute atomic E-state index is 11.6. The summed E-state index contributed by atoms with van der Waals surface area (Å²) in [5, 5.41) is 11.4. The van der Waals surface area contributed by atoms with Gasteiger partial charge in [-0.3, -0.25) is 0 Å². The van der Waals surface area contributed by atoms with E-state index in [4.69, 9.17) is 5.11 Å². The van der Waals surface area contributed by atoms with Gasteiger partial charge >= 0.3 is 6.03 Å². The minimum atomic E-state index is -0.171. The maximum atomic E-state index is 11.6. The van der Waals surface area contributed by atoms with Crippen LogP contribution in [0.15, 0.2) is 24.3 Å². The Labute approximate surface area is 101 Å². The Morgan fingerprint density at radius 1 is 1.53 bits per heavy atom. The van der Waals surface area contributed by atoms with Crippen LogP contribution >= 0.6 is 0 Å². The maximum Gasteiger partial charge on any atom is 0.321 e. The van der Waals surface area contributed by atoms with Crippen LogP contribution in [0.1, 0.15) is 12.5 Å². The highest BCUT2D eigenvalue weighted by atomic mass is 16.2. The lowest BCUT2D eigenvalue weighted by Crippen LogP contribution is -2.30. The minimum Gasteiger partial charge on any atom is -0.384 e. The van der Waals surface area contributed by atoms with Crippen LogP contribution in [0.5, 0.6) is 0 Å². The molecular weight excluding hydrogens is 216 g/mol. The number of hydrogen-bond donors (Lipinski definition) is 2. The predicted molar refractivity (Wildman–Crippen MR) is 67.7 cm³/mol. The molecule has 0 radical (unpaired) electrons. The van der Waals surface area contributed by atoms with Gasteiger partial charge in [-0.15, -0.1) is 0 Å². The summed E-state index contributed by atoms with van der Waals surface area (Å²) in [7, 11) is 1.73. The highest BCUT2D eigenvalue weighted by molar-refractivity contribution is 5.89. The van der Waals surface area contributed by atoms with Crippen molar-refractivity contribution in [3.63, 3.8) is 0 Å². The quantitative estimate of drug-likeness (QED) is 0.759. The van der Waals surface area contributed by atoms with Gasteiger partial charge in [-0.2, -0.15) is 0 Å². The third kappa shape index (κ3) is 4.17. The van der Waals surface area contributed by atoms with E-state index in [1.165, 1.54) is 0 Å². The van der Waals surface area contributed by atoms with Crippen LogP contribution < -0.4 is 5.32 Å². The average molecular weight is 232 g/mol. The molecular formula is C13H16N2O2. The summed E-state index contributed by atoms with van der Waals surface area (Å²) in [5.41, 5.74) is 1.45. The minimum absolute atomic E-state index is 0.153. The van der Waals surface area contributed by atoms with Crippen LogP contribution in [-0.4, -0.2) is 36.2 Å². The van der Waals surface area contributed by atoms with E-state index in [-0.39, 0.29) is 12.6 Å². The van der Waals surface area contributed by atoms with Crippen molar-refractivity contribution in [2.24, 2.45) is 0 Å². The number of carbonyl (C=O) groups is 1. The smallest absolute Gasteiger partial charge is 0.321 e. The molecule has 0 aliphatic carbocycles. The molecule has 4 nitrogen and oxygen atoms in total. The molecule has 0 aliphatic heterocycles. The van der Waals surface area contributed by atoms with Gasteiger partial charge in [0.2, 0.25) is 0 Å². The molecule has 0 aliphatic rings. The highest BCUT2D eigenvalue weighted by Gasteiger charge is 2.05. The fourth-order valence-electron chi connectivity index (χ4n) is 1.18. The van der Waals surface area contributed by atoms with E-state index >= 15 is 0 Å². The van der Waals surface area contributed by atoms with Crippen LogP contribution in [0, 0.1) is 11.8 Å². The molecule has 1 rings (SSSR count). The molecule has 17 heavy (non-hydrogen) atoms. The van der Waals surface area contributed by atoms with Crippen LogP contribution in [-0.2, 0) is 0 Å². The Bertz CT molecular complexity index is 446. The Morgan fingerprint density at radius 3 is 2.94 bits per heavy atom. The molecule has 0 saturated heterocycles. The van der Waals surface area contributed by atoms with Crippen molar-refractivity contribution >= 4 is 11.7 Å². The van der Waals surface area contributed by atoms with Gasteiger partial charge < -0.3 is 15.3 Å². The van der Waals surface area contributed by atoms with Gasteiger partial charge in [0.25, 0.3) is 0 Å². The van der Waals surface area contributed by atoms with Gasteiger partial charge in [-0.1, -0.05) is 17.9 Å². The summed E-state index contributed by atoms with van der Waals surface area (Å²) in [5.74, 6) is 5.35. The van der Waals surface area contributed by atoms with E-state index in [2.05, 4.69) is 17.2 Å². The van der Waals surface area contributed by atoms with Crippen LogP contribution in [0.3, 0.4) is 0 Å². The van der Waals surface area contributed by atoms with Gasteiger partial charge in [0.05, 0.1) is 0 Å². The zero-order chi connectivity index (χ0) is 12.7. The van der Waals surface area contributed by atoms with E-state index in [1.807, 2.05) is 19.1 Å². The molecule has 0 saturated carbocycles. The fourth-order valence-corrected chi connectivity index (χ4v) is 1.18. The van der Waals surface area contributed by atoms with E-state index in [1.54, 1.807) is 24.1 Å². The van der Waals surface area contributed by atoms with Gasteiger partial charge in [-0.25, -0.2) is 4.79 Å². The van der Waals surface area contributed by atoms with Crippen molar-refractivity contribution in [2.75, 3.05) is 25.5 Å². The van der Waals surface area contributed by atoms with E-state index in [0.717, 1.165) is 5.56 Å². The van der Waals surface area contributed by atoms with E-state index < -0.39 is 0 Å². The molecule has 0 spiro atoms. The fraction of sp³-hybridized carbons (Fsp3) is 0.308. The van der Waals surface area contributed by atoms with Gasteiger partial charge in [0.1, 0.15) is 6.61 Å². The Balaban J connectivity index is 2.75. The number of aliphatic hydroxyl groups excluding tert-OH is 1. The van der Waals surface area contributed by atoms with Crippen LogP contribution in [0.4, 0.5) is 10.5 Å². The molecule has 1 aromatic carbocycles. The first-order valence-electron chi connectivity index (χ1n) is 5.39. The largest absolute Gasteiger partial charge is 0.384 e. The third-order valence-electron chi connectivity index (χ3n) is 2.25. The second kappa shape index (κ2) is 6.56. The molecule has 2 amide bonds. The first-order chi connectivity index (χ1) is 8.17. The molecule has 0 fully saturated rings. The number of nitrogens with zero attached hydrogens (tertiary/aromatic N) is 1. The van der Waals surface area contributed by atoms with Crippen molar-refractivity contribution in [1.82, 2.24) is 4.90 Å². The number of hydrogen-bond acceptors (Lipinski definition) is 2. The zero-order valence-corrected chi connectivity index (χ0v) is 10.0. The predicted octanol–water partition coefficient (Wildman–Crippen LogP) is 1.51. The van der Waals surface area contributed by atoms with E-state index in [9.17, 15) is 4.79 Å². The van der Waals surface area contributed by atoms with Crippen molar-refractivity contribution in [3.8, 4) is 11.8 Å². The molecule has 0 unspecified atom stereocenters. The summed E-state index contributed by atoms with van der Waals surface area (Å²) in [4.78, 5) is 13.2. The third-order valence-corrected chi connectivity index (χ3v) is 2.25. The van der Waals surface area contributed by atoms with E-state index in [0.29, 0.717) is 12.2 Å². The second-order valence-corrected chi connectivity index (χ2v) is 3.49. The number of aliphatic hydroxyl groups is 1. The standard InChI is InChI=1S/C13H16N2O2/c1-3-15(2)13(17)14-12-8-4-6-11(10-12)7-5-9-16/h4,6,8,10,16H,3,9H2,1-2H3,(H,14,17). The second-order valence-electron chi connectivity index (χ2n) is 3.49. The van der Waals surface area contributed by atoms with Gasteiger partial charge in [0.15, 0.2) is 0 Å². The van der Waals surface area contributed by atoms with Gasteiger partial charge in [-0.05, 0) is 25.1 Å². The summed E-state index contributed by atoms with van der Waals surface area (Å²) < 4.78 is 0. The summed E-state index contributed by atoms with van der Waals surface area (Å²) >= 11 is 0. The summed E-state index contributed by atoms with van der Waals surface area (Å²) in [6, 6.07) is 7.04. The average Bonchev–Trinajstić information content (AvgIpc) is 2.35. The molecule has 1 aromatic rings. The Hall–Kier alpha value is -1.99. The number of anilines is 1. The lowest BCUT2D eigenvalue weighted by molar-refractivity contribution is 0.224. The molecule has 0 bridgehead atoms. The Morgan fingerprint density at radius 2 is 2.29 bits per heavy atom. The van der Waals surface area contributed by atoms with Crippen LogP contribution in [0.2, 0.25) is 0 Å².